The number of morpholine rings is 1. The van der Waals surface area contributed by atoms with E-state index in [2.05, 4.69) is 5.32 Å². The lowest BCUT2D eigenvalue weighted by atomic mass is 10.1. The molecule has 0 radical (unpaired) electrons. The van der Waals surface area contributed by atoms with Crippen LogP contribution in [0.15, 0.2) is 0 Å². The highest BCUT2D eigenvalue weighted by Gasteiger charge is 2.33. The lowest BCUT2D eigenvalue weighted by molar-refractivity contribution is -0.150. The summed E-state index contributed by atoms with van der Waals surface area (Å²) in [5.74, 6) is -0.180. The molecule has 2 amide bonds. The Morgan fingerprint density at radius 2 is 2.18 bits per heavy atom. The van der Waals surface area contributed by atoms with Crippen LogP contribution in [-0.4, -0.2) is 49.1 Å². The van der Waals surface area contributed by atoms with Gasteiger partial charge in [0, 0.05) is 19.0 Å². The zero-order chi connectivity index (χ0) is 12.8. The van der Waals surface area contributed by atoms with Gasteiger partial charge in [-0.25, -0.2) is 0 Å². The highest BCUT2D eigenvalue weighted by molar-refractivity contribution is 5.88. The topological polar surface area (TPSA) is 58.6 Å². The molecule has 0 saturated carbocycles. The Bertz CT molecular complexity index is 279. The first-order valence-electron chi connectivity index (χ1n) is 6.23. The maximum Gasteiger partial charge on any atom is 0.245 e. The maximum absolute atomic E-state index is 12.0. The van der Waals surface area contributed by atoms with Crippen molar-refractivity contribution in [2.24, 2.45) is 5.92 Å². The third kappa shape index (κ3) is 3.70. The molecular weight excluding hydrogens is 220 g/mol. The van der Waals surface area contributed by atoms with Crippen molar-refractivity contribution in [2.45, 2.75) is 33.2 Å². The second-order valence-corrected chi connectivity index (χ2v) is 4.57. The molecule has 1 saturated heterocycles. The van der Waals surface area contributed by atoms with Crippen LogP contribution in [0.25, 0.3) is 0 Å². The third-order valence-electron chi connectivity index (χ3n) is 2.76. The number of amides is 2. The van der Waals surface area contributed by atoms with E-state index in [-0.39, 0.29) is 17.7 Å². The van der Waals surface area contributed by atoms with Crippen molar-refractivity contribution in [3.8, 4) is 0 Å². The minimum atomic E-state index is -0.467. The van der Waals surface area contributed by atoms with Crippen molar-refractivity contribution in [1.82, 2.24) is 10.2 Å². The quantitative estimate of drug-likeness (QED) is 0.776. The molecule has 1 N–H and O–H groups in total. The highest BCUT2D eigenvalue weighted by atomic mass is 16.5. The van der Waals surface area contributed by atoms with Gasteiger partial charge in [-0.1, -0.05) is 20.8 Å². The number of nitrogens with one attached hydrogen (secondary N) is 1. The Labute approximate surface area is 102 Å². The van der Waals surface area contributed by atoms with E-state index in [1.807, 2.05) is 20.8 Å². The van der Waals surface area contributed by atoms with Gasteiger partial charge in [0.2, 0.25) is 11.8 Å². The van der Waals surface area contributed by atoms with Crippen molar-refractivity contribution >= 4 is 11.8 Å². The van der Waals surface area contributed by atoms with Gasteiger partial charge in [0.05, 0.1) is 13.2 Å². The molecule has 0 aromatic heterocycles. The molecule has 0 aliphatic carbocycles. The molecule has 0 spiro atoms. The third-order valence-corrected chi connectivity index (χ3v) is 2.76. The summed E-state index contributed by atoms with van der Waals surface area (Å²) in [5.41, 5.74) is 0. The second kappa shape index (κ2) is 6.59. The van der Waals surface area contributed by atoms with Gasteiger partial charge >= 0.3 is 0 Å². The molecule has 17 heavy (non-hydrogen) atoms. The van der Waals surface area contributed by atoms with Crippen LogP contribution in [0.4, 0.5) is 0 Å². The highest BCUT2D eigenvalue weighted by Crippen LogP contribution is 2.11. The Kier molecular flexibility index (Phi) is 5.41. The van der Waals surface area contributed by atoms with Gasteiger partial charge in [0.1, 0.15) is 6.04 Å². The Hall–Kier alpha value is -1.10. The minimum Gasteiger partial charge on any atom is -0.377 e. The molecular formula is C12H22N2O3. The number of carbonyl (C=O) groups excluding carboxylic acids is 2. The Morgan fingerprint density at radius 1 is 1.47 bits per heavy atom. The maximum atomic E-state index is 12.0. The zero-order valence-corrected chi connectivity index (χ0v) is 10.9. The van der Waals surface area contributed by atoms with E-state index in [0.29, 0.717) is 26.3 Å². The largest absolute Gasteiger partial charge is 0.377 e. The van der Waals surface area contributed by atoms with Crippen LogP contribution < -0.4 is 5.32 Å². The molecule has 1 atom stereocenters. The van der Waals surface area contributed by atoms with Crippen LogP contribution in [0, 0.1) is 5.92 Å². The molecule has 0 aromatic rings. The number of rotatable bonds is 4. The standard InChI is InChI=1S/C12H22N2O3/c1-4-5-13-11(15)10-8-17-7-6-14(10)12(16)9(2)3/h9-10H,4-8H2,1-3H3,(H,13,15). The average molecular weight is 242 g/mol. The zero-order valence-electron chi connectivity index (χ0n) is 10.9. The molecule has 98 valence electrons. The molecule has 1 aliphatic heterocycles. The van der Waals surface area contributed by atoms with Gasteiger partial charge in [-0.05, 0) is 6.42 Å². The van der Waals surface area contributed by atoms with Crippen LogP contribution in [-0.2, 0) is 14.3 Å². The predicted octanol–water partition coefficient (Wildman–Crippen LogP) is 0.396. The van der Waals surface area contributed by atoms with E-state index in [4.69, 9.17) is 4.74 Å². The van der Waals surface area contributed by atoms with Crippen LogP contribution in [0.3, 0.4) is 0 Å². The minimum absolute atomic E-state index is 0.0185. The second-order valence-electron chi connectivity index (χ2n) is 4.57. The summed E-state index contributed by atoms with van der Waals surface area (Å²) < 4.78 is 5.29. The Balaban J connectivity index is 2.65. The lowest BCUT2D eigenvalue weighted by Gasteiger charge is -2.35. The molecule has 0 bridgehead atoms. The van der Waals surface area contributed by atoms with Crippen molar-refractivity contribution in [2.75, 3.05) is 26.3 Å². The molecule has 1 heterocycles. The fourth-order valence-corrected chi connectivity index (χ4v) is 1.78. The summed E-state index contributed by atoms with van der Waals surface area (Å²) in [6.07, 6.45) is 0.886. The summed E-state index contributed by atoms with van der Waals surface area (Å²) in [7, 11) is 0. The normalized spacial score (nSPS) is 20.5. The van der Waals surface area contributed by atoms with Gasteiger partial charge in [-0.15, -0.1) is 0 Å². The SMILES string of the molecule is CCCNC(=O)C1COCCN1C(=O)C(C)C. The van der Waals surface area contributed by atoms with Crippen molar-refractivity contribution in [3.05, 3.63) is 0 Å². The van der Waals surface area contributed by atoms with Crippen molar-refractivity contribution in [1.29, 1.82) is 0 Å². The molecule has 1 fully saturated rings. The molecule has 1 unspecified atom stereocenters. The first kappa shape index (κ1) is 14.0. The number of hydrogen-bond donors (Lipinski definition) is 1. The van der Waals surface area contributed by atoms with E-state index >= 15 is 0 Å². The van der Waals surface area contributed by atoms with E-state index in [9.17, 15) is 9.59 Å². The monoisotopic (exact) mass is 242 g/mol. The average Bonchev–Trinajstić information content (AvgIpc) is 2.34. The molecule has 1 rings (SSSR count). The molecule has 1 aliphatic rings. The predicted molar refractivity (Wildman–Crippen MR) is 64.5 cm³/mol. The van der Waals surface area contributed by atoms with Crippen molar-refractivity contribution < 1.29 is 14.3 Å². The van der Waals surface area contributed by atoms with Gasteiger partial charge in [-0.3, -0.25) is 9.59 Å². The first-order chi connectivity index (χ1) is 8.07. The summed E-state index contributed by atoms with van der Waals surface area (Å²) in [6, 6.07) is -0.467. The number of ether oxygens (including phenoxy) is 1. The molecule has 5 nitrogen and oxygen atoms in total. The van der Waals surface area contributed by atoms with Crippen LogP contribution in [0.2, 0.25) is 0 Å². The van der Waals surface area contributed by atoms with E-state index in [1.165, 1.54) is 0 Å². The first-order valence-corrected chi connectivity index (χ1v) is 6.23. The summed E-state index contributed by atoms with van der Waals surface area (Å²) in [5, 5.41) is 2.81. The summed E-state index contributed by atoms with van der Waals surface area (Å²) in [6.45, 7) is 7.64. The summed E-state index contributed by atoms with van der Waals surface area (Å²) >= 11 is 0. The number of nitrogens with zero attached hydrogens (tertiary/aromatic N) is 1. The van der Waals surface area contributed by atoms with Gasteiger partial charge < -0.3 is 15.0 Å². The number of hydrogen-bond acceptors (Lipinski definition) is 3. The van der Waals surface area contributed by atoms with E-state index in [0.717, 1.165) is 6.42 Å². The lowest BCUT2D eigenvalue weighted by Crippen LogP contribution is -2.56. The number of carbonyl (C=O) groups is 2. The molecule has 5 heteroatoms. The van der Waals surface area contributed by atoms with Crippen LogP contribution >= 0.6 is 0 Å². The van der Waals surface area contributed by atoms with E-state index in [1.54, 1.807) is 4.90 Å². The van der Waals surface area contributed by atoms with Gasteiger partial charge in [-0.2, -0.15) is 0 Å². The smallest absolute Gasteiger partial charge is 0.245 e. The fraction of sp³-hybridized carbons (Fsp3) is 0.833. The van der Waals surface area contributed by atoms with Crippen LogP contribution in [0.1, 0.15) is 27.2 Å². The van der Waals surface area contributed by atoms with Crippen LogP contribution in [0.5, 0.6) is 0 Å². The van der Waals surface area contributed by atoms with Crippen molar-refractivity contribution in [3.63, 3.8) is 0 Å². The fourth-order valence-electron chi connectivity index (χ4n) is 1.78. The van der Waals surface area contributed by atoms with Gasteiger partial charge in [0.15, 0.2) is 0 Å². The van der Waals surface area contributed by atoms with E-state index < -0.39 is 6.04 Å². The molecule has 0 aromatic carbocycles. The Morgan fingerprint density at radius 3 is 2.76 bits per heavy atom. The van der Waals surface area contributed by atoms with Gasteiger partial charge in [0.25, 0.3) is 0 Å². The summed E-state index contributed by atoms with van der Waals surface area (Å²) in [4.78, 5) is 25.5.